The lowest BCUT2D eigenvalue weighted by Crippen LogP contribution is -2.34. The van der Waals surface area contributed by atoms with Crippen LogP contribution in [0.1, 0.15) is 41.3 Å². The number of aromatic carboxylic acids is 1. The predicted molar refractivity (Wildman–Crippen MR) is 122 cm³/mol. The van der Waals surface area contributed by atoms with E-state index in [1.165, 1.54) is 37.5 Å². The highest BCUT2D eigenvalue weighted by Gasteiger charge is 2.53. The highest BCUT2D eigenvalue weighted by Crippen LogP contribution is 2.52. The van der Waals surface area contributed by atoms with Gasteiger partial charge in [0.05, 0.1) is 18.2 Å². The fraction of sp³-hybridized carbons (Fsp3) is 0.240. The molecule has 10 heteroatoms. The van der Waals surface area contributed by atoms with E-state index in [1.54, 1.807) is 25.1 Å². The van der Waals surface area contributed by atoms with Crippen molar-refractivity contribution < 1.29 is 37.7 Å². The summed E-state index contributed by atoms with van der Waals surface area (Å²) in [4.78, 5) is 29.0. The van der Waals surface area contributed by atoms with Crippen molar-refractivity contribution in [2.45, 2.75) is 31.5 Å². The van der Waals surface area contributed by atoms with Crippen molar-refractivity contribution in [1.82, 2.24) is 5.32 Å². The number of aliphatic imine (C=N–C) groups is 1. The second-order valence-electron chi connectivity index (χ2n) is 7.96. The summed E-state index contributed by atoms with van der Waals surface area (Å²) in [5.41, 5.74) is 0.543. The standard InChI is InChI=1S/C25H22F2N2O6/c1-4-17(14-6-8-16(22(30)31)19(12-14)33-3)28-21(5-2)29-23(32)24(10-11-24)15-7-9-18-20(13-15)35-25(26,27)34-18/h4-9,12-13H,1,10-11H2,2-3H3,(H,29,32)(H,30,31)/b21-5+,28-17?. The first-order valence-corrected chi connectivity index (χ1v) is 10.6. The molecule has 0 spiro atoms. The minimum atomic E-state index is -3.74. The number of ether oxygens (including phenoxy) is 3. The fourth-order valence-electron chi connectivity index (χ4n) is 3.80. The lowest BCUT2D eigenvalue weighted by molar-refractivity contribution is -0.286. The van der Waals surface area contributed by atoms with E-state index in [4.69, 9.17) is 4.74 Å². The highest BCUT2D eigenvalue weighted by molar-refractivity contribution is 6.10. The summed E-state index contributed by atoms with van der Waals surface area (Å²) in [5, 5.41) is 12.1. The number of allylic oxidation sites excluding steroid dienone is 2. The Bertz CT molecular complexity index is 1280. The fourth-order valence-corrected chi connectivity index (χ4v) is 3.80. The summed E-state index contributed by atoms with van der Waals surface area (Å²) in [6, 6.07) is 8.80. The maximum Gasteiger partial charge on any atom is 0.586 e. The van der Waals surface area contributed by atoms with Crippen LogP contribution in [0.2, 0.25) is 0 Å². The van der Waals surface area contributed by atoms with Crippen molar-refractivity contribution in [3.8, 4) is 17.2 Å². The third-order valence-electron chi connectivity index (χ3n) is 5.82. The number of methoxy groups -OCH3 is 1. The summed E-state index contributed by atoms with van der Waals surface area (Å²) in [6.45, 7) is 5.45. The van der Waals surface area contributed by atoms with E-state index in [-0.39, 0.29) is 34.5 Å². The van der Waals surface area contributed by atoms with E-state index < -0.39 is 17.7 Å². The van der Waals surface area contributed by atoms with Crippen LogP contribution >= 0.6 is 0 Å². The summed E-state index contributed by atoms with van der Waals surface area (Å²) >= 11 is 0. The second kappa shape index (κ2) is 8.86. The number of hydrogen-bond donors (Lipinski definition) is 2. The van der Waals surface area contributed by atoms with Crippen LogP contribution in [0.5, 0.6) is 17.2 Å². The van der Waals surface area contributed by atoms with Crippen LogP contribution in [0.25, 0.3) is 0 Å². The van der Waals surface area contributed by atoms with Crippen LogP contribution in [0.15, 0.2) is 65.9 Å². The molecule has 2 aromatic rings. The van der Waals surface area contributed by atoms with Gasteiger partial charge >= 0.3 is 12.3 Å². The minimum absolute atomic E-state index is 0.00335. The molecule has 0 atom stereocenters. The average molecular weight is 484 g/mol. The van der Waals surface area contributed by atoms with Gasteiger partial charge < -0.3 is 24.6 Å². The Balaban J connectivity index is 1.56. The minimum Gasteiger partial charge on any atom is -0.496 e. The first-order chi connectivity index (χ1) is 16.6. The first-order valence-electron chi connectivity index (χ1n) is 10.6. The van der Waals surface area contributed by atoms with Gasteiger partial charge in [-0.1, -0.05) is 18.7 Å². The summed E-state index contributed by atoms with van der Waals surface area (Å²) in [5.74, 6) is -1.29. The molecule has 2 aromatic carbocycles. The monoisotopic (exact) mass is 484 g/mol. The van der Waals surface area contributed by atoms with Crippen molar-refractivity contribution in [1.29, 1.82) is 0 Å². The number of carboxylic acids is 1. The number of alkyl halides is 2. The molecule has 8 nitrogen and oxygen atoms in total. The van der Waals surface area contributed by atoms with E-state index in [0.29, 0.717) is 29.7 Å². The van der Waals surface area contributed by atoms with Crippen molar-refractivity contribution in [2.24, 2.45) is 4.99 Å². The van der Waals surface area contributed by atoms with Gasteiger partial charge in [-0.15, -0.1) is 8.78 Å². The lowest BCUT2D eigenvalue weighted by atomic mass is 9.94. The molecule has 0 saturated heterocycles. The van der Waals surface area contributed by atoms with Crippen LogP contribution in [-0.4, -0.2) is 36.1 Å². The molecular weight excluding hydrogens is 462 g/mol. The van der Waals surface area contributed by atoms with Crippen molar-refractivity contribution in [3.05, 3.63) is 77.6 Å². The van der Waals surface area contributed by atoms with Crippen molar-refractivity contribution in [3.63, 3.8) is 0 Å². The van der Waals surface area contributed by atoms with Gasteiger partial charge in [-0.2, -0.15) is 0 Å². The molecule has 35 heavy (non-hydrogen) atoms. The van der Waals surface area contributed by atoms with Crippen LogP contribution in [-0.2, 0) is 10.2 Å². The zero-order valence-corrected chi connectivity index (χ0v) is 18.9. The van der Waals surface area contributed by atoms with Gasteiger partial charge in [-0.05, 0) is 61.7 Å². The number of carbonyl (C=O) groups excluding carboxylic acids is 1. The zero-order valence-electron chi connectivity index (χ0n) is 18.9. The Morgan fingerprint density at radius 2 is 1.89 bits per heavy atom. The van der Waals surface area contributed by atoms with Crippen molar-refractivity contribution in [2.75, 3.05) is 7.11 Å². The van der Waals surface area contributed by atoms with Gasteiger partial charge in [0.15, 0.2) is 11.5 Å². The molecule has 1 aliphatic heterocycles. The third kappa shape index (κ3) is 4.59. The van der Waals surface area contributed by atoms with Gasteiger partial charge in [0.2, 0.25) is 5.91 Å². The Morgan fingerprint density at radius 3 is 2.49 bits per heavy atom. The normalized spacial score (nSPS) is 17.5. The molecule has 1 aliphatic carbocycles. The SMILES string of the molecule is C=CC(=N/C(=C\C)NC(=O)C1(c2ccc3c(c2)OC(F)(F)O3)CC1)c1ccc(C(=O)O)c(OC)c1. The molecule has 1 amide bonds. The first kappa shape index (κ1) is 23.9. The van der Waals surface area contributed by atoms with Gasteiger partial charge in [-0.25, -0.2) is 9.79 Å². The Morgan fingerprint density at radius 1 is 1.17 bits per heavy atom. The molecule has 0 aromatic heterocycles. The molecule has 0 unspecified atom stereocenters. The van der Waals surface area contributed by atoms with Gasteiger partial charge in [-0.3, -0.25) is 4.79 Å². The number of nitrogens with one attached hydrogen (secondary N) is 1. The maximum absolute atomic E-state index is 13.4. The molecule has 1 fully saturated rings. The number of halogens is 2. The Labute approximate surface area is 199 Å². The van der Waals surface area contributed by atoms with E-state index in [2.05, 4.69) is 26.4 Å². The van der Waals surface area contributed by atoms with E-state index >= 15 is 0 Å². The number of carboxylic acid groups (broad SMARTS) is 1. The summed E-state index contributed by atoms with van der Waals surface area (Å²) in [6.07, 6.45) is 0.380. The zero-order chi connectivity index (χ0) is 25.4. The predicted octanol–water partition coefficient (Wildman–Crippen LogP) is 4.40. The van der Waals surface area contributed by atoms with E-state index in [0.717, 1.165) is 0 Å². The number of amides is 1. The Hall–Kier alpha value is -4.21. The second-order valence-corrected chi connectivity index (χ2v) is 7.96. The number of rotatable bonds is 8. The van der Waals surface area contributed by atoms with Crippen LogP contribution in [0.3, 0.4) is 0 Å². The molecule has 1 heterocycles. The molecule has 2 N–H and O–H groups in total. The number of carbonyl (C=O) groups is 2. The average Bonchev–Trinajstić information content (AvgIpc) is 3.58. The topological polar surface area (TPSA) is 106 Å². The molecular formula is C25H22F2N2O6. The van der Waals surface area contributed by atoms with Gasteiger partial charge in [0.1, 0.15) is 17.1 Å². The Kier molecular flexibility index (Phi) is 6.06. The lowest BCUT2D eigenvalue weighted by Gasteiger charge is -2.17. The molecule has 1 saturated carbocycles. The van der Waals surface area contributed by atoms with Crippen LogP contribution < -0.4 is 19.5 Å². The number of benzene rings is 2. The molecule has 4 rings (SSSR count). The van der Waals surface area contributed by atoms with Crippen LogP contribution in [0.4, 0.5) is 8.78 Å². The molecule has 0 bridgehead atoms. The maximum atomic E-state index is 13.4. The van der Waals surface area contributed by atoms with E-state index in [9.17, 15) is 23.5 Å². The quantitative estimate of drug-likeness (QED) is 0.538. The largest absolute Gasteiger partial charge is 0.586 e. The number of fused-ring (bicyclic) bond motifs is 1. The van der Waals surface area contributed by atoms with Crippen molar-refractivity contribution >= 4 is 17.6 Å². The summed E-state index contributed by atoms with van der Waals surface area (Å²) in [7, 11) is 1.36. The molecule has 0 radical (unpaired) electrons. The summed E-state index contributed by atoms with van der Waals surface area (Å²) < 4.78 is 40.9. The van der Waals surface area contributed by atoms with Gasteiger partial charge in [0.25, 0.3) is 0 Å². The van der Waals surface area contributed by atoms with E-state index in [1.807, 2.05) is 0 Å². The van der Waals surface area contributed by atoms with Gasteiger partial charge in [0, 0.05) is 5.56 Å². The number of hydrogen-bond acceptors (Lipinski definition) is 6. The smallest absolute Gasteiger partial charge is 0.496 e. The molecule has 2 aliphatic rings. The number of nitrogens with zero attached hydrogens (tertiary/aromatic N) is 1. The third-order valence-corrected chi connectivity index (χ3v) is 5.82. The van der Waals surface area contributed by atoms with Crippen LogP contribution in [0, 0.1) is 0 Å². The molecule has 182 valence electrons. The highest BCUT2D eigenvalue weighted by atomic mass is 19.3.